The molecule has 0 saturated carbocycles. The van der Waals surface area contributed by atoms with Crippen LogP contribution in [0.4, 0.5) is 0 Å². The van der Waals surface area contributed by atoms with E-state index in [2.05, 4.69) is 4.98 Å². The van der Waals surface area contributed by atoms with Crippen molar-refractivity contribution in [1.82, 2.24) is 13.9 Å². The van der Waals surface area contributed by atoms with E-state index in [1.54, 1.807) is 4.57 Å². The van der Waals surface area contributed by atoms with E-state index < -0.39 is 21.9 Å². The maximum Gasteiger partial charge on any atom is 0.306 e. The van der Waals surface area contributed by atoms with E-state index in [-0.39, 0.29) is 18.1 Å². The van der Waals surface area contributed by atoms with E-state index in [0.717, 1.165) is 0 Å². The van der Waals surface area contributed by atoms with Gasteiger partial charge in [-0.25, -0.2) is 13.4 Å². The van der Waals surface area contributed by atoms with Crippen LogP contribution in [0.5, 0.6) is 0 Å². The highest BCUT2D eigenvalue weighted by Gasteiger charge is 2.33. The number of nitrogens with zero attached hydrogens (tertiary/aromatic N) is 3. The Kier molecular flexibility index (Phi) is 3.91. The zero-order valence-electron chi connectivity index (χ0n) is 10.7. The van der Waals surface area contributed by atoms with Gasteiger partial charge in [-0.15, -0.1) is 0 Å². The van der Waals surface area contributed by atoms with Crippen molar-refractivity contribution in [1.29, 1.82) is 0 Å². The molecule has 0 unspecified atom stereocenters. The van der Waals surface area contributed by atoms with Gasteiger partial charge in [-0.05, 0) is 19.8 Å². The highest BCUT2D eigenvalue weighted by Crippen LogP contribution is 2.23. The van der Waals surface area contributed by atoms with Crippen molar-refractivity contribution in [3.05, 3.63) is 12.5 Å². The standard InChI is InChI=1S/C11H17N3O4S/c1-2-13-7-10(12-8-13)19(17,18)14-5-3-9(4-6-14)11(15)16/h7-9H,2-6H2,1H3,(H,15,16). The van der Waals surface area contributed by atoms with E-state index >= 15 is 0 Å². The lowest BCUT2D eigenvalue weighted by Gasteiger charge is -2.28. The molecule has 2 heterocycles. The monoisotopic (exact) mass is 287 g/mol. The first kappa shape index (κ1) is 14.0. The molecule has 1 N–H and O–H groups in total. The first-order valence-electron chi connectivity index (χ1n) is 6.20. The molecule has 7 nitrogen and oxygen atoms in total. The minimum atomic E-state index is -3.59. The smallest absolute Gasteiger partial charge is 0.306 e. The summed E-state index contributed by atoms with van der Waals surface area (Å²) in [6.45, 7) is 3.02. The van der Waals surface area contributed by atoms with Crippen molar-refractivity contribution in [2.75, 3.05) is 13.1 Å². The van der Waals surface area contributed by atoms with Crippen LogP contribution in [0.3, 0.4) is 0 Å². The topological polar surface area (TPSA) is 92.5 Å². The zero-order chi connectivity index (χ0) is 14.0. The number of piperidine rings is 1. The van der Waals surface area contributed by atoms with Gasteiger partial charge < -0.3 is 9.67 Å². The fourth-order valence-corrected chi connectivity index (χ4v) is 3.53. The van der Waals surface area contributed by atoms with E-state index in [1.165, 1.54) is 16.8 Å². The lowest BCUT2D eigenvalue weighted by Crippen LogP contribution is -2.40. The Morgan fingerprint density at radius 1 is 1.47 bits per heavy atom. The normalized spacial score (nSPS) is 18.6. The molecule has 0 amide bonds. The quantitative estimate of drug-likeness (QED) is 0.864. The van der Waals surface area contributed by atoms with Crippen LogP contribution in [0.2, 0.25) is 0 Å². The Hall–Kier alpha value is -1.41. The summed E-state index contributed by atoms with van der Waals surface area (Å²) in [6, 6.07) is 0. The highest BCUT2D eigenvalue weighted by atomic mass is 32.2. The summed E-state index contributed by atoms with van der Waals surface area (Å²) in [5.41, 5.74) is 0. The number of sulfonamides is 1. The third kappa shape index (κ3) is 2.79. The van der Waals surface area contributed by atoms with Crippen LogP contribution >= 0.6 is 0 Å². The molecule has 8 heteroatoms. The first-order valence-corrected chi connectivity index (χ1v) is 7.64. The predicted octanol–water partition coefficient (Wildman–Crippen LogP) is 0.388. The molecule has 1 aliphatic rings. The van der Waals surface area contributed by atoms with E-state index in [0.29, 0.717) is 19.4 Å². The number of rotatable bonds is 4. The van der Waals surface area contributed by atoms with Gasteiger partial charge in [0.15, 0.2) is 5.03 Å². The largest absolute Gasteiger partial charge is 0.481 e. The van der Waals surface area contributed by atoms with Crippen LogP contribution in [0.1, 0.15) is 19.8 Å². The Labute approximate surface area is 111 Å². The molecule has 0 atom stereocenters. The van der Waals surface area contributed by atoms with Crippen LogP contribution in [0, 0.1) is 5.92 Å². The second-order valence-electron chi connectivity index (χ2n) is 4.56. The van der Waals surface area contributed by atoms with Crippen molar-refractivity contribution in [2.45, 2.75) is 31.3 Å². The lowest BCUT2D eigenvalue weighted by molar-refractivity contribution is -0.142. The molecule has 1 aromatic rings. The molecule has 106 valence electrons. The van der Waals surface area contributed by atoms with Crippen LogP contribution in [-0.4, -0.2) is 46.4 Å². The van der Waals surface area contributed by atoms with Gasteiger partial charge >= 0.3 is 5.97 Å². The van der Waals surface area contributed by atoms with Gasteiger partial charge in [0, 0.05) is 25.8 Å². The number of carboxylic acids is 1. The molecule has 0 bridgehead atoms. The van der Waals surface area contributed by atoms with Crippen molar-refractivity contribution < 1.29 is 18.3 Å². The molecule has 0 radical (unpaired) electrons. The SMILES string of the molecule is CCn1cnc(S(=O)(=O)N2CCC(C(=O)O)CC2)c1. The van der Waals surface area contributed by atoms with E-state index in [4.69, 9.17) is 5.11 Å². The fraction of sp³-hybridized carbons (Fsp3) is 0.636. The van der Waals surface area contributed by atoms with Gasteiger partial charge in [-0.2, -0.15) is 4.31 Å². The Morgan fingerprint density at radius 3 is 2.58 bits per heavy atom. The van der Waals surface area contributed by atoms with Crippen LogP contribution in [0.15, 0.2) is 17.6 Å². The predicted molar refractivity (Wildman–Crippen MR) is 67.0 cm³/mol. The molecule has 1 aliphatic heterocycles. The molecule has 1 aromatic heterocycles. The average molecular weight is 287 g/mol. The lowest BCUT2D eigenvalue weighted by atomic mass is 9.99. The highest BCUT2D eigenvalue weighted by molar-refractivity contribution is 7.89. The van der Waals surface area contributed by atoms with Gasteiger partial charge in [0.2, 0.25) is 0 Å². The van der Waals surface area contributed by atoms with Gasteiger partial charge in [-0.1, -0.05) is 0 Å². The number of carbonyl (C=O) groups is 1. The van der Waals surface area contributed by atoms with Crippen LogP contribution in [-0.2, 0) is 21.4 Å². The molecule has 0 aliphatic carbocycles. The summed E-state index contributed by atoms with van der Waals surface area (Å²) >= 11 is 0. The van der Waals surface area contributed by atoms with Gasteiger partial charge in [0.25, 0.3) is 10.0 Å². The van der Waals surface area contributed by atoms with E-state index in [9.17, 15) is 13.2 Å². The number of imidazole rings is 1. The van der Waals surface area contributed by atoms with Crippen LogP contribution in [0.25, 0.3) is 0 Å². The Morgan fingerprint density at radius 2 is 2.11 bits per heavy atom. The number of hydrogen-bond acceptors (Lipinski definition) is 4. The molecule has 2 rings (SSSR count). The molecule has 1 fully saturated rings. The van der Waals surface area contributed by atoms with Gasteiger partial charge in [0.05, 0.1) is 12.2 Å². The summed E-state index contributed by atoms with van der Waals surface area (Å²) in [5, 5.41) is 8.93. The maximum absolute atomic E-state index is 12.3. The van der Waals surface area contributed by atoms with Crippen LogP contribution < -0.4 is 0 Å². The molecule has 1 saturated heterocycles. The average Bonchev–Trinajstić information content (AvgIpc) is 2.88. The van der Waals surface area contributed by atoms with Gasteiger partial charge in [-0.3, -0.25) is 4.79 Å². The van der Waals surface area contributed by atoms with Crippen molar-refractivity contribution >= 4 is 16.0 Å². The second-order valence-corrected chi connectivity index (χ2v) is 6.44. The summed E-state index contributed by atoms with van der Waals surface area (Å²) in [5.74, 6) is -1.30. The summed E-state index contributed by atoms with van der Waals surface area (Å²) in [4.78, 5) is 14.7. The first-order chi connectivity index (χ1) is 8.95. The third-order valence-electron chi connectivity index (χ3n) is 3.38. The summed E-state index contributed by atoms with van der Waals surface area (Å²) in [6.07, 6.45) is 3.68. The van der Waals surface area contributed by atoms with Crippen molar-refractivity contribution in [3.63, 3.8) is 0 Å². The second kappa shape index (κ2) is 5.30. The molecule has 19 heavy (non-hydrogen) atoms. The number of aryl methyl sites for hydroxylation is 1. The molecule has 0 aromatic carbocycles. The molecule has 0 spiro atoms. The number of hydrogen-bond donors (Lipinski definition) is 1. The Balaban J connectivity index is 2.11. The summed E-state index contributed by atoms with van der Waals surface area (Å²) in [7, 11) is -3.59. The Bertz CT molecular complexity index is 558. The van der Waals surface area contributed by atoms with Crippen molar-refractivity contribution in [2.24, 2.45) is 5.92 Å². The zero-order valence-corrected chi connectivity index (χ0v) is 11.5. The van der Waals surface area contributed by atoms with Crippen molar-refractivity contribution in [3.8, 4) is 0 Å². The number of carboxylic acid groups (broad SMARTS) is 1. The third-order valence-corrected chi connectivity index (χ3v) is 5.17. The minimum absolute atomic E-state index is 0.0307. The molecular formula is C11H17N3O4S. The molecular weight excluding hydrogens is 270 g/mol. The fourth-order valence-electron chi connectivity index (χ4n) is 2.12. The van der Waals surface area contributed by atoms with Gasteiger partial charge in [0.1, 0.15) is 0 Å². The number of aromatic nitrogens is 2. The summed E-state index contributed by atoms with van der Waals surface area (Å²) < 4.78 is 27.6. The minimum Gasteiger partial charge on any atom is -0.481 e. The van der Waals surface area contributed by atoms with E-state index in [1.807, 2.05) is 6.92 Å². The maximum atomic E-state index is 12.3. The number of aliphatic carboxylic acids is 1.